The molecule has 0 fully saturated rings. The van der Waals surface area contributed by atoms with Gasteiger partial charge in [0.25, 0.3) is 5.91 Å². The topological polar surface area (TPSA) is 94.6 Å². The van der Waals surface area contributed by atoms with Gasteiger partial charge in [-0.1, -0.05) is 30.0 Å². The summed E-state index contributed by atoms with van der Waals surface area (Å²) in [6.45, 7) is 3.71. The van der Waals surface area contributed by atoms with Gasteiger partial charge in [-0.3, -0.25) is 4.79 Å². The lowest BCUT2D eigenvalue weighted by molar-refractivity contribution is 0.0910. The molecule has 2 aromatic carbocycles. The number of hydrogen-bond acceptors (Lipinski definition) is 4. The molecule has 6 nitrogen and oxygen atoms in total. The third-order valence-corrected chi connectivity index (χ3v) is 4.98. The Kier molecular flexibility index (Phi) is 8.32. The first-order valence-corrected chi connectivity index (χ1v) is 10.9. The molecular weight excluding hydrogens is 404 g/mol. The molecule has 0 aliphatic carbocycles. The Balaban J connectivity index is 1.80. The Morgan fingerprint density at radius 2 is 2.00 bits per heavy atom. The molecule has 0 bridgehead atoms. The Hall–Kier alpha value is -3.27. The van der Waals surface area contributed by atoms with Gasteiger partial charge in [0, 0.05) is 35.7 Å². The molecule has 3 rings (SSSR count). The number of aromatic amines is 1. The Morgan fingerprint density at radius 3 is 2.75 bits per heavy atom. The average molecular weight is 435 g/mol. The van der Waals surface area contributed by atoms with E-state index in [0.717, 1.165) is 16.5 Å². The number of nitrogens with one attached hydrogen (secondary N) is 2. The molecule has 1 aromatic heterocycles. The molecule has 1 amide bonds. The number of benzene rings is 2. The molecule has 0 spiro atoms. The summed E-state index contributed by atoms with van der Waals surface area (Å²) in [7, 11) is 0. The molecule has 0 aliphatic rings. The molecule has 0 radical (unpaired) electrons. The zero-order valence-corrected chi connectivity index (χ0v) is 18.5. The van der Waals surface area contributed by atoms with Gasteiger partial charge in [0.05, 0.1) is 24.3 Å². The van der Waals surface area contributed by atoms with E-state index in [2.05, 4.69) is 22.1 Å². The molecule has 168 valence electrons. The molecule has 3 aromatic rings. The molecule has 0 unspecified atom stereocenters. The second-order valence-corrected chi connectivity index (χ2v) is 7.92. The first kappa shape index (κ1) is 23.4. The molecule has 6 heteroatoms. The highest BCUT2D eigenvalue weighted by Gasteiger charge is 2.19. The smallest absolute Gasteiger partial charge is 0.255 e. The number of carbonyl (C=O) groups is 1. The maximum atomic E-state index is 13.1. The maximum Gasteiger partial charge on any atom is 0.255 e. The van der Waals surface area contributed by atoms with E-state index >= 15 is 0 Å². The minimum absolute atomic E-state index is 0.0945. The van der Waals surface area contributed by atoms with Gasteiger partial charge in [-0.05, 0) is 56.5 Å². The average Bonchev–Trinajstić information content (AvgIpc) is 3.19. The van der Waals surface area contributed by atoms with Gasteiger partial charge in [0.15, 0.2) is 0 Å². The number of fused-ring (bicyclic) bond motifs is 1. The van der Waals surface area contributed by atoms with Crippen molar-refractivity contribution >= 4 is 16.8 Å². The highest BCUT2D eigenvalue weighted by atomic mass is 16.5. The van der Waals surface area contributed by atoms with Gasteiger partial charge in [0.1, 0.15) is 5.75 Å². The summed E-state index contributed by atoms with van der Waals surface area (Å²) >= 11 is 0. The summed E-state index contributed by atoms with van der Waals surface area (Å²) in [6.07, 6.45) is 3.51. The minimum Gasteiger partial charge on any atom is -0.490 e. The van der Waals surface area contributed by atoms with Gasteiger partial charge in [-0.25, -0.2) is 0 Å². The first-order chi connectivity index (χ1) is 15.5. The molecule has 32 heavy (non-hydrogen) atoms. The second-order valence-electron chi connectivity index (χ2n) is 7.92. The van der Waals surface area contributed by atoms with Crippen LogP contribution in [0.5, 0.6) is 5.75 Å². The predicted molar refractivity (Wildman–Crippen MR) is 126 cm³/mol. The highest BCUT2D eigenvalue weighted by Crippen LogP contribution is 2.23. The van der Waals surface area contributed by atoms with Gasteiger partial charge < -0.3 is 25.3 Å². The Labute approximate surface area is 188 Å². The van der Waals surface area contributed by atoms with Crippen LogP contribution in [0.1, 0.15) is 48.2 Å². The van der Waals surface area contributed by atoms with E-state index in [4.69, 9.17) is 9.84 Å². The van der Waals surface area contributed by atoms with Crippen molar-refractivity contribution in [1.82, 2.24) is 10.3 Å². The van der Waals surface area contributed by atoms with E-state index in [1.54, 1.807) is 12.1 Å². The number of hydrogen-bond donors (Lipinski definition) is 4. The number of aliphatic hydroxyl groups is 2. The first-order valence-electron chi connectivity index (χ1n) is 10.9. The number of unbranched alkanes of at least 4 members (excludes halogenated alkanes) is 1. The van der Waals surface area contributed by atoms with E-state index < -0.39 is 6.04 Å². The van der Waals surface area contributed by atoms with Crippen LogP contribution in [0.4, 0.5) is 0 Å². The molecule has 0 saturated heterocycles. The number of ether oxygens (including phenoxy) is 1. The van der Waals surface area contributed by atoms with E-state index in [1.165, 1.54) is 0 Å². The van der Waals surface area contributed by atoms with Crippen LogP contribution < -0.4 is 10.1 Å². The van der Waals surface area contributed by atoms with Crippen molar-refractivity contribution in [2.45, 2.75) is 45.3 Å². The van der Waals surface area contributed by atoms with Gasteiger partial charge in [-0.15, -0.1) is 0 Å². The SMILES string of the molecule is CC(C)Oc1ccc(C#CCCCO)cc1C(=O)N[C@@H](CO)Cc1c[nH]c2ccccc12. The fourth-order valence-electron chi connectivity index (χ4n) is 3.46. The molecule has 0 saturated carbocycles. The summed E-state index contributed by atoms with van der Waals surface area (Å²) < 4.78 is 5.83. The Bertz CT molecular complexity index is 1110. The zero-order valence-electron chi connectivity index (χ0n) is 18.5. The van der Waals surface area contributed by atoms with Crippen LogP contribution in [0.3, 0.4) is 0 Å². The fourth-order valence-corrected chi connectivity index (χ4v) is 3.46. The fraction of sp³-hybridized carbons (Fsp3) is 0.346. The maximum absolute atomic E-state index is 13.1. The van der Waals surface area contributed by atoms with Gasteiger partial charge >= 0.3 is 0 Å². The van der Waals surface area contributed by atoms with Crippen LogP contribution in [0, 0.1) is 11.8 Å². The molecule has 1 atom stereocenters. The minimum atomic E-state index is -0.451. The number of H-pyrrole nitrogens is 1. The van der Waals surface area contributed by atoms with Crippen LogP contribution in [-0.4, -0.2) is 46.5 Å². The van der Waals surface area contributed by atoms with E-state index in [-0.39, 0.29) is 25.2 Å². The number of amides is 1. The van der Waals surface area contributed by atoms with Crippen LogP contribution in [0.25, 0.3) is 10.9 Å². The van der Waals surface area contributed by atoms with E-state index in [1.807, 2.05) is 50.4 Å². The lowest BCUT2D eigenvalue weighted by atomic mass is 10.0. The number of rotatable bonds is 9. The second kappa shape index (κ2) is 11.4. The third-order valence-electron chi connectivity index (χ3n) is 4.98. The van der Waals surface area contributed by atoms with Crippen LogP contribution >= 0.6 is 0 Å². The summed E-state index contributed by atoms with van der Waals surface area (Å²) in [5, 5.41) is 22.8. The van der Waals surface area contributed by atoms with Crippen LogP contribution in [-0.2, 0) is 6.42 Å². The molecule has 0 aliphatic heterocycles. The molecule has 1 heterocycles. The van der Waals surface area contributed by atoms with Crippen molar-refractivity contribution in [3.8, 4) is 17.6 Å². The predicted octanol–water partition coefficient (Wildman–Crippen LogP) is 3.41. The van der Waals surface area contributed by atoms with Crippen molar-refractivity contribution in [3.63, 3.8) is 0 Å². The summed E-state index contributed by atoms with van der Waals surface area (Å²) in [5.74, 6) is 6.18. The lowest BCUT2D eigenvalue weighted by Gasteiger charge is -2.19. The van der Waals surface area contributed by atoms with Crippen molar-refractivity contribution in [2.75, 3.05) is 13.2 Å². The molecular formula is C26H30N2O4. The largest absolute Gasteiger partial charge is 0.490 e. The summed E-state index contributed by atoms with van der Waals surface area (Å²) in [5.41, 5.74) is 3.12. The Morgan fingerprint density at radius 1 is 1.19 bits per heavy atom. The van der Waals surface area contributed by atoms with Crippen molar-refractivity contribution in [3.05, 3.63) is 65.4 Å². The summed E-state index contributed by atoms with van der Waals surface area (Å²) in [6, 6.07) is 12.8. The van der Waals surface area contributed by atoms with Crippen molar-refractivity contribution in [2.24, 2.45) is 0 Å². The van der Waals surface area contributed by atoms with Crippen molar-refractivity contribution in [1.29, 1.82) is 0 Å². The third kappa shape index (κ3) is 6.13. The number of aliphatic hydroxyl groups excluding tert-OH is 2. The summed E-state index contributed by atoms with van der Waals surface area (Å²) in [4.78, 5) is 16.4. The standard InChI is InChI=1S/C26H30N2O4/c1-18(2)32-25-12-11-19(8-4-3-7-13-29)14-23(25)26(31)28-21(17-30)15-20-16-27-24-10-6-5-9-22(20)24/h5-6,9-12,14,16,18,21,27,29-30H,3,7,13,15,17H2,1-2H3,(H,28,31)/t21-/m1/s1. The number of carbonyl (C=O) groups excluding carboxylic acids is 1. The number of aromatic nitrogens is 1. The lowest BCUT2D eigenvalue weighted by Crippen LogP contribution is -2.39. The van der Waals surface area contributed by atoms with E-state index in [9.17, 15) is 9.90 Å². The van der Waals surface area contributed by atoms with Gasteiger partial charge in [-0.2, -0.15) is 0 Å². The quantitative estimate of drug-likeness (QED) is 0.307. The molecule has 4 N–H and O–H groups in total. The monoisotopic (exact) mass is 434 g/mol. The normalized spacial score (nSPS) is 11.8. The van der Waals surface area contributed by atoms with E-state index in [0.29, 0.717) is 36.1 Å². The number of para-hydroxylation sites is 1. The van der Waals surface area contributed by atoms with Crippen molar-refractivity contribution < 1.29 is 19.7 Å². The zero-order chi connectivity index (χ0) is 22.9. The van der Waals surface area contributed by atoms with Crippen LogP contribution in [0.15, 0.2) is 48.7 Å². The highest BCUT2D eigenvalue weighted by molar-refractivity contribution is 5.97. The van der Waals surface area contributed by atoms with Gasteiger partial charge in [0.2, 0.25) is 0 Å². The van der Waals surface area contributed by atoms with Crippen LogP contribution in [0.2, 0.25) is 0 Å².